The lowest BCUT2D eigenvalue weighted by molar-refractivity contribution is 0.547. The van der Waals surface area contributed by atoms with Crippen LogP contribution < -0.4 is 5.32 Å². The zero-order valence-corrected chi connectivity index (χ0v) is 13.3. The normalized spacial score (nSPS) is 12.9. The fourth-order valence-electron chi connectivity index (χ4n) is 1.66. The third kappa shape index (κ3) is 3.40. The van der Waals surface area contributed by atoms with Crippen molar-refractivity contribution < 1.29 is 0 Å². The smallest absolute Gasteiger partial charge is 0.107 e. The molecule has 0 saturated heterocycles. The molecule has 0 aliphatic carbocycles. The zero-order chi connectivity index (χ0) is 12.3. The summed E-state index contributed by atoms with van der Waals surface area (Å²) < 4.78 is 2.25. The minimum Gasteiger partial charge on any atom is -0.349 e. The first-order valence-corrected chi connectivity index (χ1v) is 7.77. The summed E-state index contributed by atoms with van der Waals surface area (Å²) in [7, 11) is 0. The van der Waals surface area contributed by atoms with Crippen LogP contribution in [-0.2, 0) is 6.42 Å². The molecule has 2 aromatic heterocycles. The lowest BCUT2D eigenvalue weighted by atomic mass is 10.1. The molecule has 1 unspecified atom stereocenters. The van der Waals surface area contributed by atoms with Gasteiger partial charge in [0.05, 0.1) is 3.79 Å². The molecule has 3 nitrogen and oxygen atoms in total. The second kappa shape index (κ2) is 6.13. The van der Waals surface area contributed by atoms with Gasteiger partial charge in [-0.05, 0) is 44.5 Å². The van der Waals surface area contributed by atoms with Gasteiger partial charge in [0, 0.05) is 34.2 Å². The highest BCUT2D eigenvalue weighted by atomic mass is 79.9. The van der Waals surface area contributed by atoms with Gasteiger partial charge in [-0.15, -0.1) is 11.3 Å². The molecule has 2 N–H and O–H groups in total. The van der Waals surface area contributed by atoms with Crippen LogP contribution >= 0.6 is 43.2 Å². The molecular weight excluding hydrogens is 366 g/mol. The number of imidazole rings is 1. The Morgan fingerprint density at radius 1 is 1.53 bits per heavy atom. The van der Waals surface area contributed by atoms with Gasteiger partial charge >= 0.3 is 0 Å². The van der Waals surface area contributed by atoms with Crippen molar-refractivity contribution in [2.75, 3.05) is 6.54 Å². The van der Waals surface area contributed by atoms with E-state index in [1.54, 1.807) is 17.5 Å². The Morgan fingerprint density at radius 2 is 2.35 bits per heavy atom. The molecule has 0 bridgehead atoms. The van der Waals surface area contributed by atoms with Crippen molar-refractivity contribution >= 4 is 43.2 Å². The molecule has 17 heavy (non-hydrogen) atoms. The topological polar surface area (TPSA) is 40.7 Å². The standard InChI is InChI=1S/C11H13Br2N3S/c1-2-14-8(6-10-15-3-4-16-10)9-5-7(12)11(13)17-9/h3-5,8,14H,2,6H2,1H3,(H,15,16). The monoisotopic (exact) mass is 377 g/mol. The van der Waals surface area contributed by atoms with Crippen LogP contribution in [-0.4, -0.2) is 16.5 Å². The van der Waals surface area contributed by atoms with Crippen molar-refractivity contribution in [2.45, 2.75) is 19.4 Å². The molecule has 0 radical (unpaired) electrons. The molecule has 0 aromatic carbocycles. The van der Waals surface area contributed by atoms with Gasteiger partial charge < -0.3 is 10.3 Å². The van der Waals surface area contributed by atoms with Gasteiger partial charge in [0.1, 0.15) is 5.82 Å². The third-order valence-corrected chi connectivity index (χ3v) is 5.78. The number of halogens is 2. The maximum Gasteiger partial charge on any atom is 0.107 e. The molecule has 0 fully saturated rings. The number of rotatable bonds is 5. The Labute approximate surface area is 121 Å². The Hall–Kier alpha value is -0.170. The van der Waals surface area contributed by atoms with E-state index in [1.165, 1.54) is 4.88 Å². The predicted octanol–water partition coefficient (Wildman–Crippen LogP) is 3.89. The molecule has 92 valence electrons. The van der Waals surface area contributed by atoms with E-state index < -0.39 is 0 Å². The number of H-pyrrole nitrogens is 1. The number of nitrogens with zero attached hydrogens (tertiary/aromatic N) is 1. The van der Waals surface area contributed by atoms with Crippen molar-refractivity contribution in [3.8, 4) is 0 Å². The molecule has 2 aromatic rings. The first-order valence-electron chi connectivity index (χ1n) is 5.37. The Bertz CT molecular complexity index is 448. The highest BCUT2D eigenvalue weighted by Gasteiger charge is 2.16. The van der Waals surface area contributed by atoms with Gasteiger partial charge in [-0.2, -0.15) is 0 Å². The van der Waals surface area contributed by atoms with Crippen LogP contribution in [0.1, 0.15) is 23.7 Å². The molecule has 2 heterocycles. The van der Waals surface area contributed by atoms with E-state index in [1.807, 2.05) is 6.20 Å². The minimum atomic E-state index is 0.304. The van der Waals surface area contributed by atoms with E-state index in [4.69, 9.17) is 0 Å². The molecule has 1 atom stereocenters. The number of nitrogens with one attached hydrogen (secondary N) is 2. The van der Waals surface area contributed by atoms with E-state index in [0.29, 0.717) is 6.04 Å². The number of thiophene rings is 1. The van der Waals surface area contributed by atoms with Crippen molar-refractivity contribution in [1.82, 2.24) is 15.3 Å². The first-order chi connectivity index (χ1) is 8.20. The number of hydrogen-bond donors (Lipinski definition) is 2. The highest BCUT2D eigenvalue weighted by molar-refractivity contribution is 9.13. The lowest BCUT2D eigenvalue weighted by Gasteiger charge is -2.14. The number of aromatic amines is 1. The Kier molecular flexibility index (Phi) is 4.78. The summed E-state index contributed by atoms with van der Waals surface area (Å²) >= 11 is 8.81. The summed E-state index contributed by atoms with van der Waals surface area (Å²) in [6, 6.07) is 2.46. The number of hydrogen-bond acceptors (Lipinski definition) is 3. The molecule has 0 aliphatic heterocycles. The zero-order valence-electron chi connectivity index (χ0n) is 9.34. The van der Waals surface area contributed by atoms with E-state index in [9.17, 15) is 0 Å². The average Bonchev–Trinajstić information content (AvgIpc) is 2.90. The van der Waals surface area contributed by atoms with Gasteiger partial charge in [-0.3, -0.25) is 0 Å². The third-order valence-electron chi connectivity index (χ3n) is 2.41. The molecule has 0 saturated carbocycles. The van der Waals surface area contributed by atoms with Crippen LogP contribution in [0.5, 0.6) is 0 Å². The Morgan fingerprint density at radius 3 is 2.88 bits per heavy atom. The maximum absolute atomic E-state index is 4.28. The van der Waals surface area contributed by atoms with E-state index in [2.05, 4.69) is 60.1 Å². The summed E-state index contributed by atoms with van der Waals surface area (Å²) in [5.41, 5.74) is 0. The predicted molar refractivity (Wildman–Crippen MR) is 78.4 cm³/mol. The second-order valence-corrected chi connectivity index (χ2v) is 6.88. The molecule has 0 amide bonds. The van der Waals surface area contributed by atoms with Gasteiger partial charge in [-0.1, -0.05) is 6.92 Å². The molecule has 0 spiro atoms. The van der Waals surface area contributed by atoms with Gasteiger partial charge in [0.2, 0.25) is 0 Å². The molecular formula is C11H13Br2N3S. The van der Waals surface area contributed by atoms with Gasteiger partial charge in [0.15, 0.2) is 0 Å². The quantitative estimate of drug-likeness (QED) is 0.828. The summed E-state index contributed by atoms with van der Waals surface area (Å²) in [5, 5.41) is 3.49. The average molecular weight is 379 g/mol. The highest BCUT2D eigenvalue weighted by Crippen LogP contribution is 2.36. The maximum atomic E-state index is 4.28. The molecule has 6 heteroatoms. The lowest BCUT2D eigenvalue weighted by Crippen LogP contribution is -2.22. The van der Waals surface area contributed by atoms with Crippen LogP contribution in [0, 0.1) is 0 Å². The van der Waals surface area contributed by atoms with Crippen molar-refractivity contribution in [3.63, 3.8) is 0 Å². The van der Waals surface area contributed by atoms with Crippen LogP contribution in [0.25, 0.3) is 0 Å². The Balaban J connectivity index is 2.16. The summed E-state index contributed by atoms with van der Waals surface area (Å²) in [4.78, 5) is 8.73. The minimum absolute atomic E-state index is 0.304. The number of aromatic nitrogens is 2. The van der Waals surface area contributed by atoms with Gasteiger partial charge in [-0.25, -0.2) is 4.98 Å². The van der Waals surface area contributed by atoms with Crippen LogP contribution in [0.2, 0.25) is 0 Å². The largest absolute Gasteiger partial charge is 0.349 e. The van der Waals surface area contributed by atoms with Crippen LogP contribution in [0.15, 0.2) is 26.7 Å². The SMILES string of the molecule is CCNC(Cc1ncc[nH]1)c1cc(Br)c(Br)s1. The first kappa shape index (κ1) is 13.3. The fourth-order valence-corrected chi connectivity index (χ4v) is 3.82. The number of likely N-dealkylation sites (N-methyl/N-ethyl adjacent to an activating group) is 1. The van der Waals surface area contributed by atoms with Crippen molar-refractivity contribution in [3.05, 3.63) is 37.4 Å². The van der Waals surface area contributed by atoms with E-state index in [0.717, 1.165) is 27.0 Å². The molecule has 0 aliphatic rings. The summed E-state index contributed by atoms with van der Waals surface area (Å²) in [5.74, 6) is 1.01. The van der Waals surface area contributed by atoms with Crippen LogP contribution in [0.4, 0.5) is 0 Å². The van der Waals surface area contributed by atoms with Crippen molar-refractivity contribution in [1.29, 1.82) is 0 Å². The van der Waals surface area contributed by atoms with E-state index in [-0.39, 0.29) is 0 Å². The van der Waals surface area contributed by atoms with Crippen LogP contribution in [0.3, 0.4) is 0 Å². The summed E-state index contributed by atoms with van der Waals surface area (Å²) in [6.07, 6.45) is 4.53. The fraction of sp³-hybridized carbons (Fsp3) is 0.364. The molecule has 2 rings (SSSR count). The van der Waals surface area contributed by atoms with E-state index >= 15 is 0 Å². The van der Waals surface area contributed by atoms with Gasteiger partial charge in [0.25, 0.3) is 0 Å². The van der Waals surface area contributed by atoms with Crippen molar-refractivity contribution in [2.24, 2.45) is 0 Å². The summed E-state index contributed by atoms with van der Waals surface area (Å²) in [6.45, 7) is 3.06. The second-order valence-electron chi connectivity index (χ2n) is 3.62.